The number of H-pyrrole nitrogens is 2. The molecule has 86 valence electrons. The van der Waals surface area contributed by atoms with E-state index in [1.54, 1.807) is 17.5 Å². The van der Waals surface area contributed by atoms with Crippen molar-refractivity contribution in [2.75, 3.05) is 0 Å². The first kappa shape index (κ1) is 10.0. The number of aromatic nitrogens is 5. The molecule has 7 heteroatoms. The van der Waals surface area contributed by atoms with Gasteiger partial charge in [0.05, 0.1) is 12.7 Å². The van der Waals surface area contributed by atoms with Crippen LogP contribution in [0.4, 0.5) is 0 Å². The van der Waals surface area contributed by atoms with E-state index >= 15 is 0 Å². The van der Waals surface area contributed by atoms with Gasteiger partial charge in [0.15, 0.2) is 0 Å². The van der Waals surface area contributed by atoms with E-state index in [1.165, 1.54) is 10.9 Å². The Bertz CT molecular complexity index is 663. The zero-order valence-corrected chi connectivity index (χ0v) is 9.57. The lowest BCUT2D eigenvalue weighted by molar-refractivity contribution is 0.772. The third kappa shape index (κ3) is 1.92. The van der Waals surface area contributed by atoms with Crippen LogP contribution in [0.5, 0.6) is 0 Å². The zero-order chi connectivity index (χ0) is 11.7. The van der Waals surface area contributed by atoms with Crippen molar-refractivity contribution in [1.82, 2.24) is 25.0 Å². The van der Waals surface area contributed by atoms with Crippen molar-refractivity contribution in [3.8, 4) is 10.4 Å². The Labute approximate surface area is 99.9 Å². The van der Waals surface area contributed by atoms with Gasteiger partial charge in [-0.25, -0.2) is 9.89 Å². The van der Waals surface area contributed by atoms with Crippen molar-refractivity contribution < 1.29 is 0 Å². The van der Waals surface area contributed by atoms with Gasteiger partial charge in [-0.15, -0.1) is 11.3 Å². The van der Waals surface area contributed by atoms with Crippen molar-refractivity contribution in [2.45, 2.75) is 6.54 Å². The molecular formula is C10H9N5OS. The number of nitrogens with one attached hydrogen (secondary N) is 2. The normalized spacial score (nSPS) is 10.8. The highest BCUT2D eigenvalue weighted by Gasteiger charge is 2.05. The second-order valence-corrected chi connectivity index (χ2v) is 4.71. The van der Waals surface area contributed by atoms with Crippen LogP contribution in [0.2, 0.25) is 0 Å². The lowest BCUT2D eigenvalue weighted by atomic mass is 10.3. The van der Waals surface area contributed by atoms with Gasteiger partial charge < -0.3 is 0 Å². The van der Waals surface area contributed by atoms with Gasteiger partial charge in [0, 0.05) is 21.5 Å². The van der Waals surface area contributed by atoms with Crippen molar-refractivity contribution in [2.24, 2.45) is 0 Å². The third-order valence-corrected chi connectivity index (χ3v) is 3.51. The van der Waals surface area contributed by atoms with Crippen LogP contribution in [0.25, 0.3) is 10.4 Å². The molecule has 0 aliphatic heterocycles. The van der Waals surface area contributed by atoms with Gasteiger partial charge in [-0.1, -0.05) is 0 Å². The fourth-order valence-corrected chi connectivity index (χ4v) is 2.54. The average molecular weight is 247 g/mol. The van der Waals surface area contributed by atoms with E-state index in [9.17, 15) is 4.79 Å². The quantitative estimate of drug-likeness (QED) is 0.726. The first-order chi connectivity index (χ1) is 8.33. The van der Waals surface area contributed by atoms with Gasteiger partial charge in [0.1, 0.15) is 6.33 Å². The second kappa shape index (κ2) is 4.02. The predicted octanol–water partition coefficient (Wildman–Crippen LogP) is 1.07. The molecule has 2 N–H and O–H groups in total. The first-order valence-electron chi connectivity index (χ1n) is 5.00. The monoisotopic (exact) mass is 247 g/mol. The van der Waals surface area contributed by atoms with Crippen LogP contribution in [0.3, 0.4) is 0 Å². The summed E-state index contributed by atoms with van der Waals surface area (Å²) < 4.78 is 1.53. The molecule has 0 aliphatic rings. The van der Waals surface area contributed by atoms with Gasteiger partial charge in [0.2, 0.25) is 0 Å². The molecule has 0 fully saturated rings. The molecule has 17 heavy (non-hydrogen) atoms. The molecule has 0 unspecified atom stereocenters. The smallest absolute Gasteiger partial charge is 0.285 e. The standard InChI is InChI=1S/C10H9N5OS/c16-10-14-13-6-15(10)5-8-1-2-9(17-8)7-3-11-12-4-7/h1-4,6H,5H2,(H,11,12)(H,14,16). The molecule has 0 bridgehead atoms. The Morgan fingerprint density at radius 1 is 1.35 bits per heavy atom. The SMILES string of the molecule is O=c1[nH]ncn1Cc1ccc(-c2cn[nH]c2)s1. The van der Waals surface area contributed by atoms with Crippen LogP contribution in [-0.2, 0) is 6.54 Å². The molecule has 0 atom stereocenters. The highest BCUT2D eigenvalue weighted by atomic mass is 32.1. The molecule has 3 aromatic heterocycles. The molecule has 0 saturated heterocycles. The van der Waals surface area contributed by atoms with Crippen LogP contribution < -0.4 is 5.69 Å². The summed E-state index contributed by atoms with van der Waals surface area (Å²) >= 11 is 1.64. The Kier molecular flexibility index (Phi) is 2.37. The summed E-state index contributed by atoms with van der Waals surface area (Å²) in [6.45, 7) is 0.540. The fraction of sp³-hybridized carbons (Fsp3) is 0.100. The summed E-state index contributed by atoms with van der Waals surface area (Å²) in [5, 5.41) is 12.7. The summed E-state index contributed by atoms with van der Waals surface area (Å²) in [6, 6.07) is 4.03. The number of hydrogen-bond acceptors (Lipinski definition) is 4. The molecular weight excluding hydrogens is 238 g/mol. The largest absolute Gasteiger partial charge is 0.343 e. The Morgan fingerprint density at radius 3 is 3.00 bits per heavy atom. The van der Waals surface area contributed by atoms with E-state index < -0.39 is 0 Å². The summed E-state index contributed by atoms with van der Waals surface area (Å²) in [5.74, 6) is 0. The van der Waals surface area contributed by atoms with Crippen LogP contribution in [0.1, 0.15) is 4.88 Å². The fourth-order valence-electron chi connectivity index (χ4n) is 1.55. The summed E-state index contributed by atoms with van der Waals surface area (Å²) in [7, 11) is 0. The number of nitrogens with zero attached hydrogens (tertiary/aromatic N) is 3. The number of aromatic amines is 2. The minimum absolute atomic E-state index is 0.191. The molecule has 3 aromatic rings. The Hall–Kier alpha value is -2.15. The van der Waals surface area contributed by atoms with Gasteiger partial charge in [-0.05, 0) is 12.1 Å². The van der Waals surface area contributed by atoms with Gasteiger partial charge in [0.25, 0.3) is 0 Å². The number of thiophene rings is 1. The third-order valence-electron chi connectivity index (χ3n) is 2.39. The maximum absolute atomic E-state index is 11.3. The maximum atomic E-state index is 11.3. The molecule has 0 aromatic carbocycles. The topological polar surface area (TPSA) is 79.4 Å². The van der Waals surface area contributed by atoms with E-state index in [0.717, 1.165) is 15.3 Å². The van der Waals surface area contributed by atoms with E-state index in [0.29, 0.717) is 6.54 Å². The predicted molar refractivity (Wildman–Crippen MR) is 63.9 cm³/mol. The van der Waals surface area contributed by atoms with Gasteiger partial charge >= 0.3 is 5.69 Å². The minimum atomic E-state index is -0.191. The molecule has 3 heterocycles. The van der Waals surface area contributed by atoms with E-state index in [1.807, 2.05) is 18.3 Å². The zero-order valence-electron chi connectivity index (χ0n) is 8.75. The van der Waals surface area contributed by atoms with Crippen LogP contribution >= 0.6 is 11.3 Å². The second-order valence-electron chi connectivity index (χ2n) is 3.54. The summed E-state index contributed by atoms with van der Waals surface area (Å²) in [6.07, 6.45) is 5.12. The lowest BCUT2D eigenvalue weighted by Gasteiger charge is -1.95. The lowest BCUT2D eigenvalue weighted by Crippen LogP contribution is -2.16. The first-order valence-corrected chi connectivity index (χ1v) is 5.82. The van der Waals surface area contributed by atoms with Gasteiger partial charge in [-0.2, -0.15) is 10.2 Å². The van der Waals surface area contributed by atoms with Gasteiger partial charge in [-0.3, -0.25) is 9.67 Å². The van der Waals surface area contributed by atoms with Crippen molar-refractivity contribution in [3.63, 3.8) is 0 Å². The average Bonchev–Trinajstić information content (AvgIpc) is 3.02. The van der Waals surface area contributed by atoms with Crippen LogP contribution in [0, 0.1) is 0 Å². The van der Waals surface area contributed by atoms with E-state index in [4.69, 9.17) is 0 Å². The summed E-state index contributed by atoms with van der Waals surface area (Å²) in [4.78, 5) is 13.5. The maximum Gasteiger partial charge on any atom is 0.343 e. The van der Waals surface area contributed by atoms with Crippen molar-refractivity contribution in [1.29, 1.82) is 0 Å². The Balaban J connectivity index is 1.86. The summed E-state index contributed by atoms with van der Waals surface area (Å²) in [5.41, 5.74) is 0.865. The minimum Gasteiger partial charge on any atom is -0.285 e. The Morgan fingerprint density at radius 2 is 2.29 bits per heavy atom. The van der Waals surface area contributed by atoms with Crippen LogP contribution in [0.15, 0.2) is 35.6 Å². The van der Waals surface area contributed by atoms with Crippen molar-refractivity contribution in [3.05, 3.63) is 46.2 Å². The number of rotatable bonds is 3. The molecule has 0 radical (unpaired) electrons. The molecule has 6 nitrogen and oxygen atoms in total. The molecule has 0 saturated carbocycles. The molecule has 0 amide bonds. The van der Waals surface area contributed by atoms with Crippen molar-refractivity contribution >= 4 is 11.3 Å². The highest BCUT2D eigenvalue weighted by molar-refractivity contribution is 7.15. The molecule has 0 spiro atoms. The number of hydrogen-bond donors (Lipinski definition) is 2. The molecule has 3 rings (SSSR count). The molecule has 0 aliphatic carbocycles. The van der Waals surface area contributed by atoms with E-state index in [-0.39, 0.29) is 5.69 Å². The highest BCUT2D eigenvalue weighted by Crippen LogP contribution is 2.27. The van der Waals surface area contributed by atoms with Crippen LogP contribution in [-0.4, -0.2) is 25.0 Å². The van der Waals surface area contributed by atoms with E-state index in [2.05, 4.69) is 20.4 Å².